The second-order valence-corrected chi connectivity index (χ2v) is 4.28. The molecular weight excluding hydrogens is 184 g/mol. The fraction of sp³-hybridized carbons (Fsp3) is 0.615. The van der Waals surface area contributed by atoms with E-state index in [0.29, 0.717) is 0 Å². The molecule has 1 aliphatic rings. The maximum atomic E-state index is 4.52. The largest absolute Gasteiger partial charge is 0.317 e. The highest BCUT2D eigenvalue weighted by Gasteiger charge is 2.22. The molecule has 0 saturated carbocycles. The van der Waals surface area contributed by atoms with Crippen LogP contribution in [0.15, 0.2) is 18.3 Å². The summed E-state index contributed by atoms with van der Waals surface area (Å²) in [5.74, 6) is 0.722. The van der Waals surface area contributed by atoms with Gasteiger partial charge in [0, 0.05) is 17.8 Å². The number of pyridine rings is 1. The first-order valence-electron chi connectivity index (χ1n) is 6.06. The number of nitrogens with one attached hydrogen (secondary N) is 1. The fourth-order valence-corrected chi connectivity index (χ4v) is 2.43. The number of rotatable bonds is 5. The quantitative estimate of drug-likeness (QED) is 0.745. The van der Waals surface area contributed by atoms with E-state index >= 15 is 0 Å². The Morgan fingerprint density at radius 2 is 2.47 bits per heavy atom. The number of hydrogen-bond donors (Lipinski definition) is 1. The third kappa shape index (κ3) is 2.57. The van der Waals surface area contributed by atoms with Crippen LogP contribution in [0.3, 0.4) is 0 Å². The standard InChI is InChI=1S/C13H20N2/c1-2-14-9-3-5-11-7-8-12-6-4-10-15-13(11)12/h4,6,10-11,14H,2-3,5,7-9H2,1H3. The van der Waals surface area contributed by atoms with Gasteiger partial charge in [-0.1, -0.05) is 13.0 Å². The Hall–Kier alpha value is -0.890. The highest BCUT2D eigenvalue weighted by atomic mass is 14.8. The predicted octanol–water partition coefficient (Wildman–Crippen LogP) is 2.50. The third-order valence-electron chi connectivity index (χ3n) is 3.23. The Balaban J connectivity index is 1.85. The molecule has 1 heterocycles. The van der Waals surface area contributed by atoms with E-state index in [0.717, 1.165) is 19.0 Å². The SMILES string of the molecule is CCNCCCC1CCc2cccnc21. The van der Waals surface area contributed by atoms with E-state index in [-0.39, 0.29) is 0 Å². The first-order chi connectivity index (χ1) is 7.42. The van der Waals surface area contributed by atoms with E-state index in [1.54, 1.807) is 0 Å². The summed E-state index contributed by atoms with van der Waals surface area (Å²) in [5, 5.41) is 3.38. The Morgan fingerprint density at radius 3 is 3.33 bits per heavy atom. The molecule has 2 rings (SSSR count). The summed E-state index contributed by atoms with van der Waals surface area (Å²) in [4.78, 5) is 4.52. The summed E-state index contributed by atoms with van der Waals surface area (Å²) in [6, 6.07) is 4.28. The van der Waals surface area contributed by atoms with Crippen molar-refractivity contribution in [1.82, 2.24) is 10.3 Å². The second kappa shape index (κ2) is 5.26. The molecule has 0 saturated heterocycles. The van der Waals surface area contributed by atoms with E-state index in [1.165, 1.54) is 36.9 Å². The molecule has 1 atom stereocenters. The molecule has 1 aliphatic carbocycles. The Kier molecular flexibility index (Phi) is 3.73. The minimum atomic E-state index is 0.722. The zero-order chi connectivity index (χ0) is 10.5. The first-order valence-corrected chi connectivity index (χ1v) is 6.06. The van der Waals surface area contributed by atoms with Crippen LogP contribution in [-0.2, 0) is 6.42 Å². The van der Waals surface area contributed by atoms with Crippen LogP contribution >= 0.6 is 0 Å². The predicted molar refractivity (Wildman–Crippen MR) is 63.1 cm³/mol. The molecule has 0 radical (unpaired) electrons. The average Bonchev–Trinajstić information content (AvgIpc) is 2.68. The number of aromatic nitrogens is 1. The maximum Gasteiger partial charge on any atom is 0.0466 e. The van der Waals surface area contributed by atoms with Gasteiger partial charge in [0.15, 0.2) is 0 Å². The molecular formula is C13H20N2. The van der Waals surface area contributed by atoms with Crippen LogP contribution in [0.2, 0.25) is 0 Å². The molecule has 1 aromatic rings. The Bertz CT molecular complexity index is 309. The van der Waals surface area contributed by atoms with E-state index in [9.17, 15) is 0 Å². The monoisotopic (exact) mass is 204 g/mol. The van der Waals surface area contributed by atoms with Crippen molar-refractivity contribution in [3.05, 3.63) is 29.6 Å². The van der Waals surface area contributed by atoms with Crippen LogP contribution in [0.1, 0.15) is 43.4 Å². The van der Waals surface area contributed by atoms with Crippen molar-refractivity contribution in [3.8, 4) is 0 Å². The lowest BCUT2D eigenvalue weighted by Crippen LogP contribution is -2.14. The van der Waals surface area contributed by atoms with Gasteiger partial charge in [-0.2, -0.15) is 0 Å². The lowest BCUT2D eigenvalue weighted by atomic mass is 10.0. The highest BCUT2D eigenvalue weighted by Crippen LogP contribution is 2.34. The first kappa shape index (κ1) is 10.6. The van der Waals surface area contributed by atoms with Crippen LogP contribution in [0.5, 0.6) is 0 Å². The highest BCUT2D eigenvalue weighted by molar-refractivity contribution is 5.28. The van der Waals surface area contributed by atoms with Crippen molar-refractivity contribution in [2.75, 3.05) is 13.1 Å². The van der Waals surface area contributed by atoms with Crippen LogP contribution < -0.4 is 5.32 Å². The normalized spacial score (nSPS) is 19.1. The van der Waals surface area contributed by atoms with Crippen LogP contribution in [0.4, 0.5) is 0 Å². The summed E-state index contributed by atoms with van der Waals surface area (Å²) in [5.41, 5.74) is 2.85. The van der Waals surface area contributed by atoms with Crippen molar-refractivity contribution in [3.63, 3.8) is 0 Å². The summed E-state index contributed by atoms with van der Waals surface area (Å²) in [6.07, 6.45) is 7.03. The molecule has 2 nitrogen and oxygen atoms in total. The molecule has 0 spiro atoms. The number of aryl methyl sites for hydroxylation is 1. The van der Waals surface area contributed by atoms with Crippen LogP contribution in [0.25, 0.3) is 0 Å². The number of fused-ring (bicyclic) bond motifs is 1. The van der Waals surface area contributed by atoms with Gasteiger partial charge in [0.1, 0.15) is 0 Å². The molecule has 0 aliphatic heterocycles. The molecule has 0 amide bonds. The Morgan fingerprint density at radius 1 is 1.53 bits per heavy atom. The van der Waals surface area contributed by atoms with E-state index in [2.05, 4.69) is 29.4 Å². The molecule has 0 aromatic carbocycles. The summed E-state index contributed by atoms with van der Waals surface area (Å²) in [7, 11) is 0. The van der Waals surface area contributed by atoms with Gasteiger partial charge in [-0.25, -0.2) is 0 Å². The molecule has 82 valence electrons. The maximum absolute atomic E-state index is 4.52. The molecule has 1 unspecified atom stereocenters. The fourth-order valence-electron chi connectivity index (χ4n) is 2.43. The smallest absolute Gasteiger partial charge is 0.0466 e. The van der Waals surface area contributed by atoms with Gasteiger partial charge < -0.3 is 5.32 Å². The summed E-state index contributed by atoms with van der Waals surface area (Å²) >= 11 is 0. The van der Waals surface area contributed by atoms with Crippen molar-refractivity contribution in [2.45, 2.75) is 38.5 Å². The average molecular weight is 204 g/mol. The van der Waals surface area contributed by atoms with Crippen molar-refractivity contribution in [2.24, 2.45) is 0 Å². The zero-order valence-corrected chi connectivity index (χ0v) is 9.50. The van der Waals surface area contributed by atoms with Crippen LogP contribution in [-0.4, -0.2) is 18.1 Å². The zero-order valence-electron chi connectivity index (χ0n) is 9.50. The molecule has 1 aromatic heterocycles. The van der Waals surface area contributed by atoms with Crippen LogP contribution in [0, 0.1) is 0 Å². The molecule has 15 heavy (non-hydrogen) atoms. The van der Waals surface area contributed by atoms with Gasteiger partial charge in [0.25, 0.3) is 0 Å². The lowest BCUT2D eigenvalue weighted by Gasteiger charge is -2.10. The summed E-state index contributed by atoms with van der Waals surface area (Å²) < 4.78 is 0. The minimum Gasteiger partial charge on any atom is -0.317 e. The van der Waals surface area contributed by atoms with Gasteiger partial charge in [-0.15, -0.1) is 0 Å². The van der Waals surface area contributed by atoms with E-state index in [1.807, 2.05) is 6.20 Å². The van der Waals surface area contributed by atoms with Crippen molar-refractivity contribution >= 4 is 0 Å². The molecule has 1 N–H and O–H groups in total. The van der Waals surface area contributed by atoms with Gasteiger partial charge in [0.05, 0.1) is 0 Å². The van der Waals surface area contributed by atoms with Gasteiger partial charge >= 0.3 is 0 Å². The van der Waals surface area contributed by atoms with Crippen molar-refractivity contribution < 1.29 is 0 Å². The van der Waals surface area contributed by atoms with Gasteiger partial charge in [-0.05, 0) is 50.4 Å². The van der Waals surface area contributed by atoms with Gasteiger partial charge in [0.2, 0.25) is 0 Å². The van der Waals surface area contributed by atoms with Crippen molar-refractivity contribution in [1.29, 1.82) is 0 Å². The molecule has 0 bridgehead atoms. The van der Waals surface area contributed by atoms with E-state index in [4.69, 9.17) is 0 Å². The second-order valence-electron chi connectivity index (χ2n) is 4.28. The number of nitrogens with zero attached hydrogens (tertiary/aromatic N) is 1. The topological polar surface area (TPSA) is 24.9 Å². The Labute approximate surface area is 92.1 Å². The number of hydrogen-bond acceptors (Lipinski definition) is 2. The minimum absolute atomic E-state index is 0.722. The van der Waals surface area contributed by atoms with Gasteiger partial charge in [-0.3, -0.25) is 4.98 Å². The third-order valence-corrected chi connectivity index (χ3v) is 3.23. The molecule has 0 fully saturated rings. The lowest BCUT2D eigenvalue weighted by molar-refractivity contribution is 0.552. The van der Waals surface area contributed by atoms with E-state index < -0.39 is 0 Å². The summed E-state index contributed by atoms with van der Waals surface area (Å²) in [6.45, 7) is 4.39. The molecule has 2 heteroatoms.